The van der Waals surface area contributed by atoms with Gasteiger partial charge >= 0.3 is 0 Å². The van der Waals surface area contributed by atoms with E-state index in [1.165, 1.54) is 9.14 Å². The molecule has 4 nitrogen and oxygen atoms in total. The number of hydrogen-bond acceptors (Lipinski definition) is 3. The Balaban J connectivity index is 2.05. The number of nitro groups is 1. The van der Waals surface area contributed by atoms with Crippen LogP contribution in [0.2, 0.25) is 0 Å². The second kappa shape index (κ2) is 9.17. The summed E-state index contributed by atoms with van der Waals surface area (Å²) in [6.45, 7) is 3.93. The van der Waals surface area contributed by atoms with Gasteiger partial charge in [0.15, 0.2) is 0 Å². The molecule has 0 saturated heterocycles. The Labute approximate surface area is 151 Å². The normalized spacial score (nSPS) is 18.8. The average Bonchev–Trinajstić information content (AvgIpc) is 2.55. The van der Waals surface area contributed by atoms with Crippen molar-refractivity contribution in [1.29, 1.82) is 0 Å². The average molecular weight is 426 g/mol. The first-order valence-corrected chi connectivity index (χ1v) is 9.04. The lowest BCUT2D eigenvalue weighted by Gasteiger charge is -2.33. The van der Waals surface area contributed by atoms with Crippen LogP contribution in [-0.4, -0.2) is 29.0 Å². The fourth-order valence-corrected chi connectivity index (χ4v) is 3.37. The molecule has 0 heterocycles. The number of nitrogens with zero attached hydrogens (tertiary/aromatic N) is 2. The maximum atomic E-state index is 10.7. The Morgan fingerprint density at radius 1 is 1.43 bits per heavy atom. The molecule has 23 heavy (non-hydrogen) atoms. The molecule has 0 fully saturated rings. The van der Waals surface area contributed by atoms with E-state index < -0.39 is 0 Å². The molecule has 0 aliphatic heterocycles. The van der Waals surface area contributed by atoms with E-state index in [1.54, 1.807) is 0 Å². The van der Waals surface area contributed by atoms with Crippen LogP contribution in [0.5, 0.6) is 0 Å². The first kappa shape index (κ1) is 18.1. The summed E-state index contributed by atoms with van der Waals surface area (Å²) in [5.41, 5.74) is 2.29. The smallest absolute Gasteiger partial charge is 0.224 e. The van der Waals surface area contributed by atoms with Gasteiger partial charge in [0.2, 0.25) is 6.54 Å². The minimum atomic E-state index is -0.226. The Hall–Kier alpha value is -1.21. The van der Waals surface area contributed by atoms with Crippen molar-refractivity contribution in [2.24, 2.45) is 0 Å². The van der Waals surface area contributed by atoms with Crippen LogP contribution in [0.3, 0.4) is 0 Å². The van der Waals surface area contributed by atoms with E-state index in [-0.39, 0.29) is 11.5 Å². The predicted molar refractivity (Wildman–Crippen MR) is 102 cm³/mol. The van der Waals surface area contributed by atoms with E-state index in [0.29, 0.717) is 6.04 Å². The van der Waals surface area contributed by atoms with Crippen LogP contribution >= 0.6 is 22.6 Å². The van der Waals surface area contributed by atoms with Crippen LogP contribution in [0.25, 0.3) is 0 Å². The van der Waals surface area contributed by atoms with Gasteiger partial charge in [-0.25, -0.2) is 0 Å². The number of allylic oxidation sites excluding steroid dienone is 1. The maximum Gasteiger partial charge on any atom is 0.224 e. The van der Waals surface area contributed by atoms with Crippen LogP contribution in [0.4, 0.5) is 0 Å². The summed E-state index contributed by atoms with van der Waals surface area (Å²) >= 11 is 2.39. The Kier molecular flexibility index (Phi) is 7.23. The summed E-state index contributed by atoms with van der Waals surface area (Å²) in [6.07, 6.45) is 6.97. The molecule has 2 rings (SSSR count). The molecule has 1 atom stereocenters. The van der Waals surface area contributed by atoms with Crippen molar-refractivity contribution >= 4 is 22.6 Å². The Morgan fingerprint density at radius 2 is 2.17 bits per heavy atom. The molecular weight excluding hydrogens is 403 g/mol. The SMILES string of the molecule is C/C=C(\I)CN(Cc1ccccc1)C1CC=C(C[N+](=O)[O-])CC1. The zero-order valence-electron chi connectivity index (χ0n) is 13.5. The zero-order valence-corrected chi connectivity index (χ0v) is 15.6. The highest BCUT2D eigenvalue weighted by molar-refractivity contribution is 14.1. The topological polar surface area (TPSA) is 46.4 Å². The number of rotatable bonds is 7. The van der Waals surface area contributed by atoms with Crippen LogP contribution < -0.4 is 0 Å². The van der Waals surface area contributed by atoms with Crippen molar-refractivity contribution < 1.29 is 4.92 Å². The second-order valence-electron chi connectivity index (χ2n) is 5.91. The summed E-state index contributed by atoms with van der Waals surface area (Å²) in [5.74, 6) is 0. The zero-order chi connectivity index (χ0) is 16.7. The molecule has 0 N–H and O–H groups in total. The number of halogens is 1. The standard InChI is InChI=1S/C18H23IN2O2/c1-2-17(19)14-20(12-15-6-4-3-5-7-15)18-10-8-16(9-11-18)13-21(22)23/h2-8,18H,9-14H2,1H3/b17-2-. The van der Waals surface area contributed by atoms with Crippen LogP contribution in [0.15, 0.2) is 51.6 Å². The van der Waals surface area contributed by atoms with E-state index in [2.05, 4.69) is 70.8 Å². The van der Waals surface area contributed by atoms with Crippen molar-refractivity contribution in [2.75, 3.05) is 13.1 Å². The van der Waals surface area contributed by atoms with Gasteiger partial charge in [0, 0.05) is 27.6 Å². The fraction of sp³-hybridized carbons (Fsp3) is 0.444. The molecule has 0 aromatic heterocycles. The molecule has 1 aromatic rings. The van der Waals surface area contributed by atoms with Crippen molar-refractivity contribution in [2.45, 2.75) is 38.8 Å². The van der Waals surface area contributed by atoms with Crippen molar-refractivity contribution in [1.82, 2.24) is 4.90 Å². The highest BCUT2D eigenvalue weighted by atomic mass is 127. The molecule has 124 valence electrons. The maximum absolute atomic E-state index is 10.7. The Morgan fingerprint density at radius 3 is 2.74 bits per heavy atom. The van der Waals surface area contributed by atoms with E-state index in [4.69, 9.17) is 0 Å². The molecule has 0 amide bonds. The number of hydrogen-bond donors (Lipinski definition) is 0. The second-order valence-corrected chi connectivity index (χ2v) is 7.29. The van der Waals surface area contributed by atoms with Gasteiger partial charge in [0.25, 0.3) is 0 Å². The van der Waals surface area contributed by atoms with Gasteiger partial charge in [0.1, 0.15) is 0 Å². The predicted octanol–water partition coefficient (Wildman–Crippen LogP) is 4.58. The Bertz CT molecular complexity index is 584. The van der Waals surface area contributed by atoms with Gasteiger partial charge in [-0.2, -0.15) is 0 Å². The highest BCUT2D eigenvalue weighted by Crippen LogP contribution is 2.25. The minimum Gasteiger partial charge on any atom is -0.291 e. The number of benzene rings is 1. The highest BCUT2D eigenvalue weighted by Gasteiger charge is 2.23. The lowest BCUT2D eigenvalue weighted by atomic mass is 9.93. The third-order valence-corrected chi connectivity index (χ3v) is 5.19. The molecule has 5 heteroatoms. The van der Waals surface area contributed by atoms with Crippen LogP contribution in [0, 0.1) is 10.1 Å². The summed E-state index contributed by atoms with van der Waals surface area (Å²) in [7, 11) is 0. The van der Waals surface area contributed by atoms with Crippen molar-refractivity contribution in [3.8, 4) is 0 Å². The molecule has 1 aromatic carbocycles. The minimum absolute atomic E-state index is 0.00218. The molecule has 0 spiro atoms. The lowest BCUT2D eigenvalue weighted by Crippen LogP contribution is -2.37. The first-order valence-electron chi connectivity index (χ1n) is 7.97. The first-order chi connectivity index (χ1) is 11.1. The van der Waals surface area contributed by atoms with Gasteiger partial charge in [0.05, 0.1) is 0 Å². The molecule has 1 unspecified atom stereocenters. The summed E-state index contributed by atoms with van der Waals surface area (Å²) in [5, 5.41) is 10.7. The lowest BCUT2D eigenvalue weighted by molar-refractivity contribution is -0.471. The third-order valence-electron chi connectivity index (χ3n) is 4.22. The van der Waals surface area contributed by atoms with Gasteiger partial charge in [-0.05, 0) is 59.9 Å². The molecule has 0 bridgehead atoms. The summed E-state index contributed by atoms with van der Waals surface area (Å²) in [6, 6.07) is 11.0. The van der Waals surface area contributed by atoms with Crippen molar-refractivity contribution in [3.05, 3.63) is 67.3 Å². The van der Waals surface area contributed by atoms with E-state index in [9.17, 15) is 10.1 Å². The molecule has 0 radical (unpaired) electrons. The molecule has 1 aliphatic carbocycles. The largest absolute Gasteiger partial charge is 0.291 e. The van der Waals surface area contributed by atoms with E-state index in [1.807, 2.05) is 6.07 Å². The van der Waals surface area contributed by atoms with Gasteiger partial charge in [-0.3, -0.25) is 15.0 Å². The monoisotopic (exact) mass is 426 g/mol. The quantitative estimate of drug-likeness (QED) is 0.278. The van der Waals surface area contributed by atoms with Gasteiger partial charge in [-0.15, -0.1) is 0 Å². The van der Waals surface area contributed by atoms with E-state index in [0.717, 1.165) is 37.9 Å². The summed E-state index contributed by atoms with van der Waals surface area (Å²) < 4.78 is 1.33. The van der Waals surface area contributed by atoms with E-state index >= 15 is 0 Å². The van der Waals surface area contributed by atoms with Gasteiger partial charge < -0.3 is 0 Å². The molecular formula is C18H23IN2O2. The van der Waals surface area contributed by atoms with Crippen LogP contribution in [0.1, 0.15) is 31.7 Å². The molecule has 0 saturated carbocycles. The van der Waals surface area contributed by atoms with Gasteiger partial charge in [-0.1, -0.05) is 42.5 Å². The third kappa shape index (κ3) is 6.06. The van der Waals surface area contributed by atoms with Crippen LogP contribution in [-0.2, 0) is 6.54 Å². The van der Waals surface area contributed by atoms with Crippen molar-refractivity contribution in [3.63, 3.8) is 0 Å². The molecule has 1 aliphatic rings. The fourth-order valence-electron chi connectivity index (χ4n) is 2.93. The summed E-state index contributed by atoms with van der Waals surface area (Å²) in [4.78, 5) is 12.9.